The first kappa shape index (κ1) is 21.8. The van der Waals surface area contributed by atoms with Crippen LogP contribution in [-0.2, 0) is 14.8 Å². The molecule has 3 aromatic rings. The quantitative estimate of drug-likeness (QED) is 0.562. The molecular weight excluding hydrogens is 442 g/mol. The molecule has 1 amide bonds. The number of nitrogens with one attached hydrogen (secondary N) is 2. The van der Waals surface area contributed by atoms with Crippen molar-refractivity contribution in [3.63, 3.8) is 0 Å². The van der Waals surface area contributed by atoms with E-state index in [0.717, 1.165) is 55.9 Å². The summed E-state index contributed by atoms with van der Waals surface area (Å²) in [6.45, 7) is 4.46. The Bertz CT molecular complexity index is 1230. The number of hydrogen-bond acceptors (Lipinski definition) is 7. The van der Waals surface area contributed by atoms with E-state index in [1.165, 1.54) is 4.31 Å². The molecule has 2 aliphatic rings. The third-order valence-electron chi connectivity index (χ3n) is 6.21. The zero-order valence-electron chi connectivity index (χ0n) is 18.3. The highest BCUT2D eigenvalue weighted by Crippen LogP contribution is 2.24. The minimum absolute atomic E-state index is 0.117. The van der Waals surface area contributed by atoms with Gasteiger partial charge in [0.05, 0.1) is 16.8 Å². The van der Waals surface area contributed by atoms with E-state index in [4.69, 9.17) is 0 Å². The number of nitrogens with zero attached hydrogens (tertiary/aromatic N) is 5. The number of fused-ring (bicyclic) bond motifs is 1. The van der Waals surface area contributed by atoms with Gasteiger partial charge in [-0.2, -0.15) is 4.31 Å². The summed E-state index contributed by atoms with van der Waals surface area (Å²) in [4.78, 5) is 28.9. The predicted octanol–water partition coefficient (Wildman–Crippen LogP) is 1.50. The third kappa shape index (κ3) is 4.56. The number of benzene rings is 1. The first-order chi connectivity index (χ1) is 16.0. The topological polar surface area (TPSA) is 115 Å². The summed E-state index contributed by atoms with van der Waals surface area (Å²) in [6, 6.07) is 8.40. The number of aromatic amines is 1. The molecule has 1 aromatic carbocycles. The summed E-state index contributed by atoms with van der Waals surface area (Å²) in [5.74, 6) is 0.794. The van der Waals surface area contributed by atoms with Gasteiger partial charge < -0.3 is 15.2 Å². The molecule has 2 aromatic heterocycles. The highest BCUT2D eigenvalue weighted by Gasteiger charge is 2.27. The normalized spacial score (nSPS) is 18.1. The molecule has 0 radical (unpaired) electrons. The van der Waals surface area contributed by atoms with Crippen molar-refractivity contribution < 1.29 is 13.2 Å². The van der Waals surface area contributed by atoms with E-state index in [2.05, 4.69) is 30.1 Å². The Hall–Kier alpha value is -3.02. The maximum Gasteiger partial charge on any atom is 0.243 e. The lowest BCUT2D eigenvalue weighted by Gasteiger charge is -2.35. The standard InChI is InChI=1S/C22H27N7O3S/c30-20(26-17-3-5-18(6-4-17)33(31,32)29-9-1-2-10-29)15-27-11-13-28(14-12-27)22-19-7-8-23-21(19)24-16-25-22/h3-8,16H,1-2,9-15H2,(H,26,30)(H,23,24,25). The van der Waals surface area contributed by atoms with Crippen LogP contribution in [0.25, 0.3) is 11.0 Å². The molecule has 0 bridgehead atoms. The number of H-pyrrole nitrogens is 1. The first-order valence-electron chi connectivity index (χ1n) is 11.2. The van der Waals surface area contributed by atoms with Gasteiger partial charge in [-0.3, -0.25) is 9.69 Å². The number of anilines is 2. The lowest BCUT2D eigenvalue weighted by Crippen LogP contribution is -2.49. The summed E-state index contributed by atoms with van der Waals surface area (Å²) in [5.41, 5.74) is 1.41. The van der Waals surface area contributed by atoms with E-state index in [1.54, 1.807) is 30.6 Å². The fraction of sp³-hybridized carbons (Fsp3) is 0.409. The van der Waals surface area contributed by atoms with Gasteiger partial charge in [-0.1, -0.05) is 0 Å². The van der Waals surface area contributed by atoms with Gasteiger partial charge in [0, 0.05) is 51.2 Å². The SMILES string of the molecule is O=C(CN1CCN(c2ncnc3[nH]ccc23)CC1)Nc1ccc(S(=O)(=O)N2CCCC2)cc1. The van der Waals surface area contributed by atoms with E-state index in [1.807, 2.05) is 12.3 Å². The zero-order valence-corrected chi connectivity index (χ0v) is 19.1. The van der Waals surface area contributed by atoms with Crippen LogP contribution in [0.15, 0.2) is 47.8 Å². The van der Waals surface area contributed by atoms with Crippen LogP contribution in [-0.4, -0.2) is 84.3 Å². The molecule has 5 rings (SSSR count). The summed E-state index contributed by atoms with van der Waals surface area (Å²) in [7, 11) is -3.45. The van der Waals surface area contributed by atoms with Gasteiger partial charge in [-0.25, -0.2) is 18.4 Å². The molecule has 10 nitrogen and oxygen atoms in total. The fourth-order valence-electron chi connectivity index (χ4n) is 4.42. The second-order valence-corrected chi connectivity index (χ2v) is 10.3. The molecule has 2 saturated heterocycles. The van der Waals surface area contributed by atoms with Gasteiger partial charge in [0.1, 0.15) is 17.8 Å². The van der Waals surface area contributed by atoms with Crippen LogP contribution in [0.5, 0.6) is 0 Å². The van der Waals surface area contributed by atoms with Crippen molar-refractivity contribution in [2.24, 2.45) is 0 Å². The first-order valence-corrected chi connectivity index (χ1v) is 12.6. The summed E-state index contributed by atoms with van der Waals surface area (Å²) in [5, 5.41) is 3.87. The lowest BCUT2D eigenvalue weighted by molar-refractivity contribution is -0.117. The van der Waals surface area contributed by atoms with Crippen molar-refractivity contribution >= 4 is 38.5 Å². The molecule has 33 heavy (non-hydrogen) atoms. The number of carbonyl (C=O) groups is 1. The van der Waals surface area contributed by atoms with Gasteiger partial charge in [-0.15, -0.1) is 0 Å². The van der Waals surface area contributed by atoms with Crippen LogP contribution < -0.4 is 10.2 Å². The van der Waals surface area contributed by atoms with Crippen LogP contribution in [0, 0.1) is 0 Å². The van der Waals surface area contributed by atoms with E-state index >= 15 is 0 Å². The maximum atomic E-state index is 12.6. The number of rotatable bonds is 6. The molecule has 2 N–H and O–H groups in total. The van der Waals surface area contributed by atoms with Gasteiger partial charge in [-0.05, 0) is 43.2 Å². The molecule has 0 unspecified atom stereocenters. The Morgan fingerprint density at radius 2 is 1.70 bits per heavy atom. The van der Waals surface area contributed by atoms with E-state index in [0.29, 0.717) is 18.8 Å². The van der Waals surface area contributed by atoms with Gasteiger partial charge >= 0.3 is 0 Å². The number of sulfonamides is 1. The minimum Gasteiger partial charge on any atom is -0.353 e. The number of piperazine rings is 1. The van der Waals surface area contributed by atoms with Crippen LogP contribution in [0.1, 0.15) is 12.8 Å². The highest BCUT2D eigenvalue weighted by molar-refractivity contribution is 7.89. The minimum atomic E-state index is -3.45. The Labute approximate surface area is 192 Å². The summed E-state index contributed by atoms with van der Waals surface area (Å²) >= 11 is 0. The third-order valence-corrected chi connectivity index (χ3v) is 8.13. The summed E-state index contributed by atoms with van der Waals surface area (Å²) < 4.78 is 26.8. The molecule has 2 fully saturated rings. The molecular formula is C22H27N7O3S. The number of amides is 1. The Morgan fingerprint density at radius 1 is 0.970 bits per heavy atom. The second kappa shape index (κ2) is 9.08. The second-order valence-electron chi connectivity index (χ2n) is 8.38. The Balaban J connectivity index is 1.14. The van der Waals surface area contributed by atoms with E-state index in [9.17, 15) is 13.2 Å². The van der Waals surface area contributed by atoms with Crippen LogP contribution in [0.2, 0.25) is 0 Å². The van der Waals surface area contributed by atoms with E-state index < -0.39 is 10.0 Å². The zero-order chi connectivity index (χ0) is 22.8. The Morgan fingerprint density at radius 3 is 2.42 bits per heavy atom. The van der Waals surface area contributed by atoms with Crippen molar-refractivity contribution in [1.82, 2.24) is 24.2 Å². The van der Waals surface area contributed by atoms with Crippen molar-refractivity contribution in [2.75, 3.05) is 56.0 Å². The fourth-order valence-corrected chi connectivity index (χ4v) is 5.94. The monoisotopic (exact) mass is 469 g/mol. The van der Waals surface area contributed by atoms with Crippen LogP contribution in [0.3, 0.4) is 0 Å². The van der Waals surface area contributed by atoms with Crippen LogP contribution >= 0.6 is 0 Å². The Kier molecular flexibility index (Phi) is 6.00. The molecule has 11 heteroatoms. The van der Waals surface area contributed by atoms with Crippen molar-refractivity contribution in [3.05, 3.63) is 42.9 Å². The molecule has 0 aliphatic carbocycles. The lowest BCUT2D eigenvalue weighted by atomic mass is 10.2. The number of hydrogen-bond donors (Lipinski definition) is 2. The van der Waals surface area contributed by atoms with Gasteiger partial charge in [0.25, 0.3) is 0 Å². The maximum absolute atomic E-state index is 12.6. The largest absolute Gasteiger partial charge is 0.353 e. The van der Waals surface area contributed by atoms with Crippen molar-refractivity contribution in [3.8, 4) is 0 Å². The highest BCUT2D eigenvalue weighted by atomic mass is 32.2. The smallest absolute Gasteiger partial charge is 0.243 e. The van der Waals surface area contributed by atoms with Crippen molar-refractivity contribution in [1.29, 1.82) is 0 Å². The van der Waals surface area contributed by atoms with Gasteiger partial charge in [0.15, 0.2) is 0 Å². The molecule has 4 heterocycles. The predicted molar refractivity (Wildman–Crippen MR) is 126 cm³/mol. The average Bonchev–Trinajstić information content (AvgIpc) is 3.52. The van der Waals surface area contributed by atoms with E-state index in [-0.39, 0.29) is 17.3 Å². The molecule has 0 atom stereocenters. The van der Waals surface area contributed by atoms with Gasteiger partial charge in [0.2, 0.25) is 15.9 Å². The van der Waals surface area contributed by atoms with Crippen molar-refractivity contribution in [2.45, 2.75) is 17.7 Å². The number of carbonyl (C=O) groups excluding carboxylic acids is 1. The average molecular weight is 470 g/mol. The number of aromatic nitrogens is 3. The molecule has 174 valence electrons. The molecule has 0 saturated carbocycles. The summed E-state index contributed by atoms with van der Waals surface area (Å²) in [6.07, 6.45) is 5.22. The molecule has 0 spiro atoms. The van der Waals surface area contributed by atoms with Crippen LogP contribution in [0.4, 0.5) is 11.5 Å². The molecule has 2 aliphatic heterocycles.